The molecular weight excluding hydrogens is 134 g/mol. The third kappa shape index (κ3) is 1.68. The molecule has 0 saturated heterocycles. The predicted molar refractivity (Wildman–Crippen MR) is 38.3 cm³/mol. The Balaban J connectivity index is 2.88. The third-order valence-corrected chi connectivity index (χ3v) is 1.17. The van der Waals surface area contributed by atoms with Crippen LogP contribution in [0.1, 0.15) is 0 Å². The first-order valence-corrected chi connectivity index (χ1v) is 2.97. The summed E-state index contributed by atoms with van der Waals surface area (Å²) in [6.45, 7) is 1.92. The molecule has 0 aliphatic carbocycles. The van der Waals surface area contributed by atoms with Crippen molar-refractivity contribution in [1.29, 1.82) is 0 Å². The Bertz CT molecular complexity index is 187. The highest BCUT2D eigenvalue weighted by Gasteiger charge is 1.90. The lowest BCUT2D eigenvalue weighted by molar-refractivity contribution is 1.18. The monoisotopic (exact) mass is 139 g/mol. The normalized spacial score (nSPS) is 9.11. The van der Waals surface area contributed by atoms with E-state index in [1.54, 1.807) is 12.4 Å². The molecule has 1 radical (unpaired) electrons. The maximum absolute atomic E-state index is 5.43. The molecule has 1 aromatic rings. The standard InChI is InChI=1S/C5H5BClN2/c1-6-4-2-8-5(7)9-3-4/h2-3H,1H3. The molecule has 0 saturated carbocycles. The van der Waals surface area contributed by atoms with Crippen molar-refractivity contribution in [3.8, 4) is 0 Å². The van der Waals surface area contributed by atoms with Gasteiger partial charge in [0.05, 0.1) is 0 Å². The molecule has 0 spiro atoms. The molecule has 0 fully saturated rings. The van der Waals surface area contributed by atoms with Crippen LogP contribution in [0.25, 0.3) is 0 Å². The lowest BCUT2D eigenvalue weighted by Gasteiger charge is -1.90. The van der Waals surface area contributed by atoms with Gasteiger partial charge in [-0.3, -0.25) is 0 Å². The molecule has 0 N–H and O–H groups in total. The number of hydrogen-bond acceptors (Lipinski definition) is 2. The van der Waals surface area contributed by atoms with Crippen LogP contribution < -0.4 is 5.46 Å². The predicted octanol–water partition coefficient (Wildman–Crippen LogP) is 0.508. The number of rotatable bonds is 1. The molecule has 4 heteroatoms. The van der Waals surface area contributed by atoms with E-state index in [9.17, 15) is 0 Å². The van der Waals surface area contributed by atoms with Gasteiger partial charge < -0.3 is 0 Å². The molecule has 0 unspecified atom stereocenters. The molecule has 0 bridgehead atoms. The van der Waals surface area contributed by atoms with Gasteiger partial charge in [-0.05, 0) is 11.6 Å². The second-order valence-electron chi connectivity index (χ2n) is 1.57. The Kier molecular flexibility index (Phi) is 2.06. The summed E-state index contributed by atoms with van der Waals surface area (Å²) in [6.07, 6.45) is 3.35. The number of aromatic nitrogens is 2. The molecule has 2 nitrogen and oxygen atoms in total. The second kappa shape index (κ2) is 2.83. The van der Waals surface area contributed by atoms with Gasteiger partial charge >= 0.3 is 0 Å². The molecule has 9 heavy (non-hydrogen) atoms. The topological polar surface area (TPSA) is 25.8 Å². The van der Waals surface area contributed by atoms with E-state index in [0.717, 1.165) is 5.46 Å². The van der Waals surface area contributed by atoms with Crippen LogP contribution in [0.5, 0.6) is 0 Å². The van der Waals surface area contributed by atoms with E-state index in [2.05, 4.69) is 9.97 Å². The van der Waals surface area contributed by atoms with Crippen molar-refractivity contribution >= 4 is 24.3 Å². The summed E-state index contributed by atoms with van der Waals surface area (Å²) in [5, 5.41) is 0.292. The summed E-state index contributed by atoms with van der Waals surface area (Å²) in [6, 6.07) is 0. The Morgan fingerprint density at radius 1 is 1.44 bits per heavy atom. The molecule has 0 aliphatic heterocycles. The van der Waals surface area contributed by atoms with Crippen molar-refractivity contribution in [3.63, 3.8) is 0 Å². The minimum Gasteiger partial charge on any atom is -0.227 e. The van der Waals surface area contributed by atoms with Crippen LogP contribution in [0.2, 0.25) is 12.1 Å². The van der Waals surface area contributed by atoms with Crippen LogP contribution in [-0.2, 0) is 0 Å². The van der Waals surface area contributed by atoms with Crippen LogP contribution in [0, 0.1) is 0 Å². The van der Waals surface area contributed by atoms with Crippen molar-refractivity contribution in [2.24, 2.45) is 0 Å². The molecule has 0 amide bonds. The summed E-state index contributed by atoms with van der Waals surface area (Å²) in [5.41, 5.74) is 0.986. The Labute approximate surface area is 59.5 Å². The lowest BCUT2D eigenvalue weighted by Crippen LogP contribution is -2.11. The zero-order valence-corrected chi connectivity index (χ0v) is 5.76. The first-order chi connectivity index (χ1) is 4.33. The van der Waals surface area contributed by atoms with Crippen molar-refractivity contribution in [3.05, 3.63) is 17.7 Å². The van der Waals surface area contributed by atoms with E-state index in [1.807, 2.05) is 14.1 Å². The van der Waals surface area contributed by atoms with Gasteiger partial charge in [-0.25, -0.2) is 9.97 Å². The SMILES string of the molecule is C[B]c1cnc(Cl)nc1. The first kappa shape index (κ1) is 6.55. The maximum atomic E-state index is 5.43. The average Bonchev–Trinajstić information content (AvgIpc) is 1.90. The van der Waals surface area contributed by atoms with Gasteiger partial charge in [0, 0.05) is 12.4 Å². The summed E-state index contributed by atoms with van der Waals surface area (Å²) in [5.74, 6) is 0. The van der Waals surface area contributed by atoms with Gasteiger partial charge in [-0.1, -0.05) is 12.3 Å². The Hall–Kier alpha value is -0.565. The average molecular weight is 139 g/mol. The van der Waals surface area contributed by atoms with Gasteiger partial charge in [-0.2, -0.15) is 0 Å². The largest absolute Gasteiger partial charge is 0.227 e. The summed E-state index contributed by atoms with van der Waals surface area (Å²) < 4.78 is 0. The van der Waals surface area contributed by atoms with Gasteiger partial charge in [-0.15, -0.1) is 0 Å². The highest BCUT2D eigenvalue weighted by molar-refractivity contribution is 6.51. The number of nitrogens with zero attached hydrogens (tertiary/aromatic N) is 2. The van der Waals surface area contributed by atoms with Crippen LogP contribution in [0.15, 0.2) is 12.4 Å². The van der Waals surface area contributed by atoms with Gasteiger partial charge in [0.1, 0.15) is 0 Å². The van der Waals surface area contributed by atoms with Crippen LogP contribution >= 0.6 is 11.6 Å². The van der Waals surface area contributed by atoms with Crippen molar-refractivity contribution < 1.29 is 0 Å². The second-order valence-corrected chi connectivity index (χ2v) is 1.91. The summed E-state index contributed by atoms with van der Waals surface area (Å²) in [4.78, 5) is 7.55. The van der Waals surface area contributed by atoms with E-state index >= 15 is 0 Å². The van der Waals surface area contributed by atoms with Gasteiger partial charge in [0.15, 0.2) is 7.28 Å². The minimum absolute atomic E-state index is 0.292. The van der Waals surface area contributed by atoms with E-state index in [-0.39, 0.29) is 0 Å². The summed E-state index contributed by atoms with van der Waals surface area (Å²) >= 11 is 5.43. The number of hydrogen-bond donors (Lipinski definition) is 0. The van der Waals surface area contributed by atoms with E-state index in [1.165, 1.54) is 0 Å². The van der Waals surface area contributed by atoms with E-state index in [0.29, 0.717) is 5.28 Å². The zero-order chi connectivity index (χ0) is 6.69. The molecule has 1 rings (SSSR count). The number of halogens is 1. The molecule has 45 valence electrons. The van der Waals surface area contributed by atoms with Crippen LogP contribution in [-0.4, -0.2) is 17.2 Å². The Morgan fingerprint density at radius 2 is 2.00 bits per heavy atom. The third-order valence-electron chi connectivity index (χ3n) is 0.974. The van der Waals surface area contributed by atoms with E-state index < -0.39 is 0 Å². The maximum Gasteiger partial charge on any atom is 0.222 e. The van der Waals surface area contributed by atoms with Crippen LogP contribution in [0.4, 0.5) is 0 Å². The zero-order valence-electron chi connectivity index (χ0n) is 5.00. The molecule has 0 atom stereocenters. The van der Waals surface area contributed by atoms with Gasteiger partial charge in [0.2, 0.25) is 5.28 Å². The molecule has 1 heterocycles. The molecule has 1 aromatic heterocycles. The lowest BCUT2D eigenvalue weighted by atomic mass is 9.75. The van der Waals surface area contributed by atoms with E-state index in [4.69, 9.17) is 11.6 Å². The highest BCUT2D eigenvalue weighted by atomic mass is 35.5. The van der Waals surface area contributed by atoms with Crippen molar-refractivity contribution in [2.75, 3.05) is 0 Å². The first-order valence-electron chi connectivity index (χ1n) is 2.60. The molecule has 0 aliphatic rings. The molecular formula is C5H5BClN2. The van der Waals surface area contributed by atoms with Crippen LogP contribution in [0.3, 0.4) is 0 Å². The van der Waals surface area contributed by atoms with Crippen molar-refractivity contribution in [1.82, 2.24) is 9.97 Å². The quantitative estimate of drug-likeness (QED) is 0.418. The molecule has 0 aromatic carbocycles. The van der Waals surface area contributed by atoms with Gasteiger partial charge in [0.25, 0.3) is 0 Å². The fourth-order valence-corrected chi connectivity index (χ4v) is 0.569. The smallest absolute Gasteiger partial charge is 0.222 e. The Morgan fingerprint density at radius 3 is 2.44 bits per heavy atom. The highest BCUT2D eigenvalue weighted by Crippen LogP contribution is 1.91. The fourth-order valence-electron chi connectivity index (χ4n) is 0.471. The summed E-state index contributed by atoms with van der Waals surface area (Å²) in [7, 11) is 1.91. The van der Waals surface area contributed by atoms with Crippen molar-refractivity contribution in [2.45, 2.75) is 6.82 Å². The fraction of sp³-hybridized carbons (Fsp3) is 0.200. The minimum atomic E-state index is 0.292.